The Kier molecular flexibility index (Phi) is 6.69. The number of benzene rings is 1. The number of morpholine rings is 1. The molecule has 3 amide bonds. The first-order chi connectivity index (χ1) is 16.9. The van der Waals surface area contributed by atoms with Crippen molar-refractivity contribution in [3.05, 3.63) is 44.9 Å². The Morgan fingerprint density at radius 3 is 2.69 bits per heavy atom. The number of anilines is 1. The molecule has 2 aromatic rings. The Morgan fingerprint density at radius 1 is 1.11 bits per heavy atom. The normalized spacial score (nSPS) is 21.5. The molecule has 3 aliphatic rings. The minimum Gasteiger partial charge on any atom is -0.453 e. The molecule has 9 nitrogen and oxygen atoms in total. The molecule has 35 heavy (non-hydrogen) atoms. The van der Waals surface area contributed by atoms with Crippen LogP contribution < -0.4 is 4.90 Å². The second-order valence-electron chi connectivity index (χ2n) is 9.14. The van der Waals surface area contributed by atoms with Crippen LogP contribution in [-0.4, -0.2) is 85.7 Å². The van der Waals surface area contributed by atoms with Gasteiger partial charge in [0.25, 0.3) is 0 Å². The van der Waals surface area contributed by atoms with Crippen LogP contribution in [0.25, 0.3) is 0 Å². The van der Waals surface area contributed by atoms with E-state index in [-0.39, 0.29) is 36.2 Å². The van der Waals surface area contributed by atoms with Gasteiger partial charge in [0, 0.05) is 54.2 Å². The van der Waals surface area contributed by atoms with Crippen molar-refractivity contribution in [3.63, 3.8) is 0 Å². The second-order valence-corrected chi connectivity index (χ2v) is 10.5. The van der Waals surface area contributed by atoms with Crippen molar-refractivity contribution in [3.8, 4) is 0 Å². The molecule has 0 bridgehead atoms. The second kappa shape index (κ2) is 9.75. The van der Waals surface area contributed by atoms with E-state index in [0.717, 1.165) is 17.7 Å². The highest BCUT2D eigenvalue weighted by Crippen LogP contribution is 2.47. The highest BCUT2D eigenvalue weighted by atomic mass is 35.5. The van der Waals surface area contributed by atoms with Crippen LogP contribution in [0, 0.1) is 0 Å². The number of ether oxygens (including phenoxy) is 2. The van der Waals surface area contributed by atoms with Crippen LogP contribution in [0.4, 0.5) is 10.5 Å². The van der Waals surface area contributed by atoms with Crippen molar-refractivity contribution >= 4 is 46.5 Å². The van der Waals surface area contributed by atoms with Gasteiger partial charge in [-0.2, -0.15) is 0 Å². The van der Waals surface area contributed by atoms with Crippen LogP contribution in [-0.2, 0) is 37.3 Å². The molecule has 5 rings (SSSR count). The number of fused-ring (bicyclic) bond motifs is 2. The van der Waals surface area contributed by atoms with Crippen molar-refractivity contribution < 1.29 is 23.9 Å². The fraction of sp³-hybridized carbons (Fsp3) is 0.500. The molecular weight excluding hydrogens is 492 g/mol. The van der Waals surface area contributed by atoms with Crippen molar-refractivity contribution in [2.75, 3.05) is 57.9 Å². The zero-order chi connectivity index (χ0) is 24.6. The molecule has 0 radical (unpaired) electrons. The summed E-state index contributed by atoms with van der Waals surface area (Å²) in [5.74, 6) is -0.0393. The van der Waals surface area contributed by atoms with E-state index < -0.39 is 0 Å². The van der Waals surface area contributed by atoms with Gasteiger partial charge in [-0.1, -0.05) is 11.6 Å². The lowest BCUT2D eigenvalue weighted by Crippen LogP contribution is -2.41. The molecule has 0 N–H and O–H groups in total. The van der Waals surface area contributed by atoms with Crippen molar-refractivity contribution in [1.29, 1.82) is 0 Å². The first kappa shape index (κ1) is 24.0. The van der Waals surface area contributed by atoms with Gasteiger partial charge in [0.1, 0.15) is 5.01 Å². The molecule has 1 aromatic carbocycles. The summed E-state index contributed by atoms with van der Waals surface area (Å²) in [6.07, 6.45) is 0.735. The van der Waals surface area contributed by atoms with E-state index in [2.05, 4.69) is 4.98 Å². The van der Waals surface area contributed by atoms with E-state index in [1.165, 1.54) is 18.4 Å². The first-order valence-electron chi connectivity index (χ1n) is 11.6. The van der Waals surface area contributed by atoms with Crippen molar-refractivity contribution in [2.45, 2.75) is 24.7 Å². The molecule has 1 spiro atoms. The topological polar surface area (TPSA) is 92.3 Å². The smallest absolute Gasteiger partial charge is 0.409 e. The molecule has 186 valence electrons. The number of aromatic nitrogens is 1. The average molecular weight is 519 g/mol. The third-order valence-corrected chi connectivity index (χ3v) is 8.10. The van der Waals surface area contributed by atoms with Gasteiger partial charge in [-0.05, 0) is 30.2 Å². The number of likely N-dealkylation sites (tertiary alicyclic amines) is 1. The summed E-state index contributed by atoms with van der Waals surface area (Å²) in [7, 11) is 1.37. The maximum atomic E-state index is 13.4. The van der Waals surface area contributed by atoms with Gasteiger partial charge in [0.05, 0.1) is 38.9 Å². The van der Waals surface area contributed by atoms with Crippen LogP contribution in [0.1, 0.15) is 22.7 Å². The van der Waals surface area contributed by atoms with Crippen LogP contribution in [0.15, 0.2) is 23.6 Å². The molecule has 1 unspecified atom stereocenters. The van der Waals surface area contributed by atoms with Crippen molar-refractivity contribution in [2.24, 2.45) is 0 Å². The summed E-state index contributed by atoms with van der Waals surface area (Å²) in [4.78, 5) is 47.9. The number of amides is 3. The number of carbonyl (C=O) groups is 3. The number of hydrogen-bond acceptors (Lipinski definition) is 7. The molecule has 4 heterocycles. The maximum Gasteiger partial charge on any atom is 0.409 e. The summed E-state index contributed by atoms with van der Waals surface area (Å²) in [5.41, 5.74) is 2.12. The minimum atomic E-state index is -0.372. The van der Waals surface area contributed by atoms with Gasteiger partial charge in [-0.15, -0.1) is 11.3 Å². The van der Waals surface area contributed by atoms with Gasteiger partial charge in [-0.25, -0.2) is 9.78 Å². The molecule has 0 saturated carbocycles. The highest BCUT2D eigenvalue weighted by molar-refractivity contribution is 7.09. The van der Waals surface area contributed by atoms with Crippen molar-refractivity contribution in [1.82, 2.24) is 14.8 Å². The zero-order valence-electron chi connectivity index (χ0n) is 19.5. The fourth-order valence-corrected chi connectivity index (χ4v) is 6.14. The number of halogens is 1. The molecular formula is C24H27ClN4O5S. The summed E-state index contributed by atoms with van der Waals surface area (Å²) in [6, 6.07) is 5.56. The van der Waals surface area contributed by atoms with Gasteiger partial charge in [0.15, 0.2) is 0 Å². The third-order valence-electron chi connectivity index (χ3n) is 6.97. The molecule has 0 aliphatic carbocycles. The third kappa shape index (κ3) is 4.74. The minimum absolute atomic E-state index is 0.0279. The number of thiazole rings is 1. The molecule has 11 heteroatoms. The van der Waals surface area contributed by atoms with Gasteiger partial charge in [-0.3, -0.25) is 9.59 Å². The Bertz CT molecular complexity index is 1150. The number of hydrogen-bond donors (Lipinski definition) is 0. The number of carbonyl (C=O) groups excluding carboxylic acids is 3. The first-order valence-corrected chi connectivity index (χ1v) is 12.9. The molecule has 3 aliphatic heterocycles. The van der Waals surface area contributed by atoms with E-state index in [1.54, 1.807) is 20.8 Å². The Hall–Kier alpha value is -2.69. The zero-order valence-corrected chi connectivity index (χ0v) is 21.1. The van der Waals surface area contributed by atoms with Gasteiger partial charge in [0.2, 0.25) is 11.8 Å². The predicted molar refractivity (Wildman–Crippen MR) is 131 cm³/mol. The quantitative estimate of drug-likeness (QED) is 0.617. The number of rotatable bonds is 4. The monoisotopic (exact) mass is 518 g/mol. The maximum absolute atomic E-state index is 13.4. The lowest BCUT2D eigenvalue weighted by molar-refractivity contribution is -0.134. The largest absolute Gasteiger partial charge is 0.453 e. The Morgan fingerprint density at radius 2 is 1.91 bits per heavy atom. The predicted octanol–water partition coefficient (Wildman–Crippen LogP) is 2.50. The standard InChI is InChI=1S/C24H27ClN4O5S/c1-33-23(32)28-5-4-24(14-28)15-29(19-3-2-16(25)10-18(19)24)22(31)12-20-26-17(13-35-20)11-21(30)27-6-8-34-9-7-27/h2-3,10,13H,4-9,11-12,14-15H2,1H3. The fourth-order valence-electron chi connectivity index (χ4n) is 5.19. The Balaban J connectivity index is 1.29. The molecule has 1 atom stereocenters. The average Bonchev–Trinajstić information content (AvgIpc) is 3.58. The van der Waals surface area contributed by atoms with Gasteiger partial charge < -0.3 is 24.2 Å². The highest BCUT2D eigenvalue weighted by Gasteiger charge is 2.50. The van der Waals surface area contributed by atoms with Crippen LogP contribution in [0.3, 0.4) is 0 Å². The Labute approximate surface area is 212 Å². The molecule has 1 aromatic heterocycles. The van der Waals surface area contributed by atoms with Crippen LogP contribution in [0.5, 0.6) is 0 Å². The lowest BCUT2D eigenvalue weighted by Gasteiger charge is -2.26. The van der Waals surface area contributed by atoms with Crippen LogP contribution >= 0.6 is 22.9 Å². The van der Waals surface area contributed by atoms with Gasteiger partial charge >= 0.3 is 6.09 Å². The van der Waals surface area contributed by atoms with E-state index in [0.29, 0.717) is 61.7 Å². The van der Waals surface area contributed by atoms with E-state index in [1.807, 2.05) is 17.5 Å². The van der Waals surface area contributed by atoms with E-state index in [4.69, 9.17) is 21.1 Å². The molecule has 2 fully saturated rings. The summed E-state index contributed by atoms with van der Waals surface area (Å²) >= 11 is 7.71. The summed E-state index contributed by atoms with van der Waals surface area (Å²) in [6.45, 7) is 3.83. The SMILES string of the molecule is COC(=O)N1CCC2(C1)CN(C(=O)Cc1nc(CC(=O)N3CCOCC3)cs1)c1ccc(Cl)cc12. The number of methoxy groups -OCH3 is 1. The van der Waals surface area contributed by atoms with E-state index >= 15 is 0 Å². The number of nitrogens with zero attached hydrogens (tertiary/aromatic N) is 4. The lowest BCUT2D eigenvalue weighted by atomic mass is 9.81. The van der Waals surface area contributed by atoms with E-state index in [9.17, 15) is 14.4 Å². The summed E-state index contributed by atoms with van der Waals surface area (Å²) in [5, 5.41) is 3.13. The van der Waals surface area contributed by atoms with Crippen LogP contribution in [0.2, 0.25) is 5.02 Å². The molecule has 2 saturated heterocycles. The summed E-state index contributed by atoms with van der Waals surface area (Å²) < 4.78 is 10.2.